The Morgan fingerprint density at radius 1 is 1.00 bits per heavy atom. The van der Waals surface area contributed by atoms with Gasteiger partial charge in [-0.1, -0.05) is 18.7 Å². The number of hydrogen-bond acceptors (Lipinski definition) is 7. The Morgan fingerprint density at radius 3 is 2.23 bits per heavy atom. The van der Waals surface area contributed by atoms with Crippen LogP contribution in [0.5, 0.6) is 0 Å². The largest absolute Gasteiger partial charge is 0.326 e. The van der Waals surface area contributed by atoms with Gasteiger partial charge in [0.15, 0.2) is 0 Å². The van der Waals surface area contributed by atoms with Gasteiger partial charge < -0.3 is 10.6 Å². The number of nitrogens with one attached hydrogen (secondary N) is 3. The number of aromatic nitrogens is 2. The minimum Gasteiger partial charge on any atom is -0.326 e. The summed E-state index contributed by atoms with van der Waals surface area (Å²) in [5, 5.41) is 6.75. The molecule has 0 saturated carbocycles. The van der Waals surface area contributed by atoms with E-state index >= 15 is 0 Å². The molecule has 1 amide bonds. The van der Waals surface area contributed by atoms with Crippen LogP contribution in [0.15, 0.2) is 64.6 Å². The van der Waals surface area contributed by atoms with Gasteiger partial charge in [0.25, 0.3) is 0 Å². The molecule has 8 nitrogen and oxygen atoms in total. The number of sulfonamides is 1. The van der Waals surface area contributed by atoms with E-state index < -0.39 is 10.0 Å². The number of aryl methyl sites for hydroxylation is 1. The van der Waals surface area contributed by atoms with E-state index in [1.807, 2.05) is 38.1 Å². The second kappa shape index (κ2) is 9.80. The van der Waals surface area contributed by atoms with Crippen LogP contribution < -0.4 is 15.4 Å². The van der Waals surface area contributed by atoms with E-state index in [1.54, 1.807) is 30.5 Å². The van der Waals surface area contributed by atoms with Crippen molar-refractivity contribution in [2.45, 2.75) is 30.2 Å². The maximum atomic E-state index is 11.5. The van der Waals surface area contributed by atoms with Gasteiger partial charge in [-0.25, -0.2) is 18.4 Å². The molecule has 3 aromatic rings. The monoisotopic (exact) mass is 457 g/mol. The van der Waals surface area contributed by atoms with Gasteiger partial charge in [-0.2, -0.15) is 0 Å². The smallest absolute Gasteiger partial charge is 0.229 e. The van der Waals surface area contributed by atoms with Gasteiger partial charge in [-0.15, -0.1) is 0 Å². The molecule has 0 radical (unpaired) electrons. The highest BCUT2D eigenvalue weighted by atomic mass is 32.2. The Kier molecular flexibility index (Phi) is 7.13. The van der Waals surface area contributed by atoms with Crippen molar-refractivity contribution in [1.29, 1.82) is 0 Å². The van der Waals surface area contributed by atoms with Crippen LogP contribution in [0.3, 0.4) is 0 Å². The molecular formula is C21H23N5O3S2. The molecule has 0 saturated heterocycles. The first-order chi connectivity index (χ1) is 14.7. The molecule has 0 unspecified atom stereocenters. The first kappa shape index (κ1) is 22.6. The summed E-state index contributed by atoms with van der Waals surface area (Å²) in [7, 11) is -3.32. The number of nitrogens with zero attached hydrogens (tertiary/aromatic N) is 2. The molecule has 1 heterocycles. The van der Waals surface area contributed by atoms with Crippen molar-refractivity contribution >= 4 is 50.7 Å². The van der Waals surface area contributed by atoms with Crippen LogP contribution >= 0.6 is 11.8 Å². The number of carbonyl (C=O) groups excluding carboxylic acids is 1. The third-order valence-electron chi connectivity index (χ3n) is 4.04. The molecule has 3 N–H and O–H groups in total. The highest BCUT2D eigenvalue weighted by Gasteiger charge is 2.08. The summed E-state index contributed by atoms with van der Waals surface area (Å²) in [6.07, 6.45) is 3.28. The summed E-state index contributed by atoms with van der Waals surface area (Å²) in [5.74, 6) is 0.409. The molecule has 3 rings (SSSR count). The zero-order valence-corrected chi connectivity index (χ0v) is 19.0. The lowest BCUT2D eigenvalue weighted by molar-refractivity contribution is -0.115. The van der Waals surface area contributed by atoms with E-state index in [2.05, 4.69) is 25.3 Å². The maximum Gasteiger partial charge on any atom is 0.229 e. The molecule has 1 aromatic heterocycles. The Bertz CT molecular complexity index is 1160. The molecule has 0 aliphatic rings. The number of amides is 1. The minimum atomic E-state index is -3.32. The van der Waals surface area contributed by atoms with Gasteiger partial charge in [-0.05, 0) is 55.5 Å². The predicted octanol–water partition coefficient (Wildman–Crippen LogP) is 4.40. The lowest BCUT2D eigenvalue weighted by Crippen LogP contribution is -2.09. The van der Waals surface area contributed by atoms with Gasteiger partial charge in [0.05, 0.1) is 6.26 Å². The Hall–Kier alpha value is -3.11. The van der Waals surface area contributed by atoms with Crippen molar-refractivity contribution in [1.82, 2.24) is 9.97 Å². The molecule has 162 valence electrons. The van der Waals surface area contributed by atoms with Crippen molar-refractivity contribution in [2.75, 3.05) is 21.6 Å². The highest BCUT2D eigenvalue weighted by Crippen LogP contribution is 2.30. The molecule has 2 aromatic carbocycles. The predicted molar refractivity (Wildman–Crippen MR) is 124 cm³/mol. The summed E-state index contributed by atoms with van der Waals surface area (Å²) in [4.78, 5) is 21.4. The van der Waals surface area contributed by atoms with E-state index in [0.29, 0.717) is 18.1 Å². The van der Waals surface area contributed by atoms with E-state index in [1.165, 1.54) is 11.8 Å². The van der Waals surface area contributed by atoms with E-state index in [4.69, 9.17) is 0 Å². The van der Waals surface area contributed by atoms with Crippen molar-refractivity contribution in [2.24, 2.45) is 0 Å². The lowest BCUT2D eigenvalue weighted by Gasteiger charge is -2.10. The van der Waals surface area contributed by atoms with Crippen LogP contribution in [-0.4, -0.2) is 30.5 Å². The van der Waals surface area contributed by atoms with Crippen LogP contribution in [0.4, 0.5) is 23.0 Å². The quantitative estimate of drug-likeness (QED) is 0.430. The summed E-state index contributed by atoms with van der Waals surface area (Å²) in [5.41, 5.74) is 2.90. The SMILES string of the molecule is CCC(=O)Nc1ccc(Sc2nc(Nc3ccc(NS(C)(=O)=O)cc3)ncc2C)cc1. The maximum absolute atomic E-state index is 11.5. The Labute approximate surface area is 186 Å². The zero-order chi connectivity index (χ0) is 22.4. The average Bonchev–Trinajstić information content (AvgIpc) is 2.72. The molecule has 31 heavy (non-hydrogen) atoms. The summed E-state index contributed by atoms with van der Waals surface area (Å²) in [6.45, 7) is 3.75. The lowest BCUT2D eigenvalue weighted by atomic mass is 10.3. The van der Waals surface area contributed by atoms with Crippen LogP contribution in [0.2, 0.25) is 0 Å². The fraction of sp³-hybridized carbons (Fsp3) is 0.190. The third kappa shape index (κ3) is 6.97. The summed E-state index contributed by atoms with van der Waals surface area (Å²) < 4.78 is 25.0. The number of rotatable bonds is 8. The van der Waals surface area contributed by atoms with Gasteiger partial charge in [0.2, 0.25) is 21.9 Å². The van der Waals surface area contributed by atoms with E-state index in [-0.39, 0.29) is 5.91 Å². The van der Waals surface area contributed by atoms with E-state index in [0.717, 1.165) is 33.1 Å². The number of anilines is 4. The van der Waals surface area contributed by atoms with Gasteiger partial charge in [0, 0.05) is 40.1 Å². The molecule has 0 atom stereocenters. The molecule has 0 aliphatic carbocycles. The zero-order valence-electron chi connectivity index (χ0n) is 17.3. The molecule has 0 fully saturated rings. The van der Waals surface area contributed by atoms with Crippen LogP contribution in [0.1, 0.15) is 18.9 Å². The van der Waals surface area contributed by atoms with Gasteiger partial charge >= 0.3 is 0 Å². The van der Waals surface area contributed by atoms with Crippen molar-refractivity contribution in [3.05, 3.63) is 60.3 Å². The summed E-state index contributed by atoms with van der Waals surface area (Å²) in [6, 6.07) is 14.4. The standard InChI is InChI=1S/C21H23N5O3S2/c1-4-19(27)23-15-9-11-18(12-10-15)30-20-14(2)13-22-21(25-20)24-16-5-7-17(8-6-16)26-31(3,28)29/h5-13,26H,4H2,1-3H3,(H,23,27)(H,22,24,25). The molecule has 0 aliphatic heterocycles. The molecular weight excluding hydrogens is 434 g/mol. The molecule has 10 heteroatoms. The van der Waals surface area contributed by atoms with Crippen LogP contribution in [0.25, 0.3) is 0 Å². The topological polar surface area (TPSA) is 113 Å². The second-order valence-corrected chi connectivity index (χ2v) is 9.60. The van der Waals surface area contributed by atoms with Crippen molar-refractivity contribution in [3.8, 4) is 0 Å². The Morgan fingerprint density at radius 2 is 1.61 bits per heavy atom. The minimum absolute atomic E-state index is 0.0251. The molecule has 0 spiro atoms. The number of hydrogen-bond donors (Lipinski definition) is 3. The Balaban J connectivity index is 1.69. The van der Waals surface area contributed by atoms with Crippen LogP contribution in [0, 0.1) is 6.92 Å². The first-order valence-corrected chi connectivity index (χ1v) is 12.2. The van der Waals surface area contributed by atoms with Crippen molar-refractivity contribution < 1.29 is 13.2 Å². The number of carbonyl (C=O) groups is 1. The van der Waals surface area contributed by atoms with E-state index in [9.17, 15) is 13.2 Å². The number of benzene rings is 2. The van der Waals surface area contributed by atoms with Crippen molar-refractivity contribution in [3.63, 3.8) is 0 Å². The average molecular weight is 458 g/mol. The fourth-order valence-corrected chi connectivity index (χ4v) is 3.93. The normalized spacial score (nSPS) is 11.1. The first-order valence-electron chi connectivity index (χ1n) is 9.48. The van der Waals surface area contributed by atoms with Gasteiger partial charge in [-0.3, -0.25) is 9.52 Å². The highest BCUT2D eigenvalue weighted by molar-refractivity contribution is 7.99. The fourth-order valence-electron chi connectivity index (χ4n) is 2.52. The van der Waals surface area contributed by atoms with Gasteiger partial charge in [0.1, 0.15) is 5.03 Å². The second-order valence-electron chi connectivity index (χ2n) is 6.79. The third-order valence-corrected chi connectivity index (χ3v) is 5.76. The summed E-state index contributed by atoms with van der Waals surface area (Å²) >= 11 is 1.50. The van der Waals surface area contributed by atoms with Crippen LogP contribution in [-0.2, 0) is 14.8 Å². The molecule has 0 bridgehead atoms.